The maximum absolute atomic E-state index is 2.53. The molecule has 0 saturated carbocycles. The van der Waals surface area contributed by atoms with Gasteiger partial charge >= 0.3 is 0 Å². The van der Waals surface area contributed by atoms with E-state index in [-0.39, 0.29) is 0 Å². The fraction of sp³-hybridized carbons (Fsp3) is 0.850. The molecular formula is C20H39N2+. The molecule has 0 atom stereocenters. The van der Waals surface area contributed by atoms with Gasteiger partial charge in [-0.05, 0) is 25.7 Å². The molecule has 0 bridgehead atoms. The molecule has 0 radical (unpaired) electrons. The number of aryl methyl sites for hydroxylation is 2. The predicted molar refractivity (Wildman–Crippen MR) is 96.1 cm³/mol. The van der Waals surface area contributed by atoms with Crippen LogP contribution in [-0.4, -0.2) is 4.57 Å². The Labute approximate surface area is 138 Å². The standard InChI is InChI=1S/C20H39N2/c1-4-7-9-11-13-15-20-21(16-6-3)18-19-22(20)17-14-12-10-8-5-2/h18-19H,4-17H2,1-3H3/q+1. The maximum atomic E-state index is 2.53. The molecule has 2 heteroatoms. The van der Waals surface area contributed by atoms with Gasteiger partial charge in [0.05, 0.1) is 13.1 Å². The first-order chi connectivity index (χ1) is 10.8. The summed E-state index contributed by atoms with van der Waals surface area (Å²) >= 11 is 0. The van der Waals surface area contributed by atoms with E-state index in [1.807, 2.05) is 0 Å². The number of imidazole rings is 1. The molecule has 1 rings (SSSR count). The van der Waals surface area contributed by atoms with Crippen molar-refractivity contribution in [1.82, 2.24) is 4.57 Å². The van der Waals surface area contributed by atoms with E-state index in [9.17, 15) is 0 Å². The van der Waals surface area contributed by atoms with E-state index in [1.54, 1.807) is 5.82 Å². The summed E-state index contributed by atoms with van der Waals surface area (Å²) in [6.45, 7) is 9.24. The molecule has 2 nitrogen and oxygen atoms in total. The Morgan fingerprint density at radius 2 is 1.41 bits per heavy atom. The molecule has 22 heavy (non-hydrogen) atoms. The van der Waals surface area contributed by atoms with E-state index in [0.29, 0.717) is 0 Å². The van der Waals surface area contributed by atoms with Crippen molar-refractivity contribution < 1.29 is 4.57 Å². The molecule has 0 saturated heterocycles. The normalized spacial score (nSPS) is 11.2. The van der Waals surface area contributed by atoms with Crippen molar-refractivity contribution in [3.05, 3.63) is 18.2 Å². The lowest BCUT2D eigenvalue weighted by Gasteiger charge is -2.05. The fourth-order valence-electron chi connectivity index (χ4n) is 3.21. The second kappa shape index (κ2) is 12.7. The molecule has 0 aliphatic rings. The Morgan fingerprint density at radius 3 is 2.05 bits per heavy atom. The van der Waals surface area contributed by atoms with Crippen molar-refractivity contribution in [2.75, 3.05) is 0 Å². The van der Waals surface area contributed by atoms with Crippen LogP contribution in [0.3, 0.4) is 0 Å². The molecule has 1 heterocycles. The van der Waals surface area contributed by atoms with Crippen LogP contribution < -0.4 is 4.57 Å². The molecule has 0 unspecified atom stereocenters. The number of aromatic nitrogens is 2. The van der Waals surface area contributed by atoms with Gasteiger partial charge in [-0.15, -0.1) is 0 Å². The molecule has 0 fully saturated rings. The number of hydrogen-bond donors (Lipinski definition) is 0. The topological polar surface area (TPSA) is 8.81 Å². The third kappa shape index (κ3) is 7.47. The summed E-state index contributed by atoms with van der Waals surface area (Å²) in [5.74, 6) is 1.56. The summed E-state index contributed by atoms with van der Waals surface area (Å²) in [7, 11) is 0. The van der Waals surface area contributed by atoms with E-state index < -0.39 is 0 Å². The van der Waals surface area contributed by atoms with Crippen molar-refractivity contribution in [3.63, 3.8) is 0 Å². The van der Waals surface area contributed by atoms with E-state index >= 15 is 0 Å². The quantitative estimate of drug-likeness (QED) is 0.309. The summed E-state index contributed by atoms with van der Waals surface area (Å²) < 4.78 is 5.02. The van der Waals surface area contributed by atoms with Crippen LogP contribution in [0.15, 0.2) is 12.4 Å². The molecule has 1 aromatic rings. The van der Waals surface area contributed by atoms with Gasteiger partial charge in [0.25, 0.3) is 5.82 Å². The van der Waals surface area contributed by atoms with Crippen LogP contribution in [0.4, 0.5) is 0 Å². The zero-order chi connectivity index (χ0) is 16.0. The van der Waals surface area contributed by atoms with Gasteiger partial charge in [0.15, 0.2) is 0 Å². The van der Waals surface area contributed by atoms with Gasteiger partial charge in [0.2, 0.25) is 0 Å². The smallest absolute Gasteiger partial charge is 0.234 e. The third-order valence-electron chi connectivity index (χ3n) is 4.56. The van der Waals surface area contributed by atoms with Crippen LogP contribution in [0.5, 0.6) is 0 Å². The van der Waals surface area contributed by atoms with Crippen molar-refractivity contribution in [1.29, 1.82) is 0 Å². The molecular weight excluding hydrogens is 268 g/mol. The highest BCUT2D eigenvalue weighted by Crippen LogP contribution is 2.10. The first kappa shape index (κ1) is 19.3. The van der Waals surface area contributed by atoms with Gasteiger partial charge in [-0.3, -0.25) is 0 Å². The Kier molecular flexibility index (Phi) is 11.1. The maximum Gasteiger partial charge on any atom is 0.256 e. The van der Waals surface area contributed by atoms with E-state index in [0.717, 1.165) is 0 Å². The van der Waals surface area contributed by atoms with E-state index in [1.165, 1.54) is 90.1 Å². The van der Waals surface area contributed by atoms with Crippen molar-refractivity contribution >= 4 is 0 Å². The highest BCUT2D eigenvalue weighted by atomic mass is 15.1. The summed E-state index contributed by atoms with van der Waals surface area (Å²) in [4.78, 5) is 0. The number of unbranched alkanes of at least 4 members (excludes halogenated alkanes) is 8. The molecule has 0 aliphatic heterocycles. The SMILES string of the molecule is CCCCCCCc1n(CCCCCCC)cc[n+]1CCC. The summed E-state index contributed by atoms with van der Waals surface area (Å²) in [5, 5.41) is 0. The van der Waals surface area contributed by atoms with E-state index in [4.69, 9.17) is 0 Å². The number of nitrogens with zero attached hydrogens (tertiary/aromatic N) is 2. The first-order valence-corrected chi connectivity index (χ1v) is 9.90. The van der Waals surface area contributed by atoms with Gasteiger partial charge in [-0.1, -0.05) is 65.7 Å². The Morgan fingerprint density at radius 1 is 0.773 bits per heavy atom. The van der Waals surface area contributed by atoms with Gasteiger partial charge in [0, 0.05) is 6.42 Å². The van der Waals surface area contributed by atoms with Gasteiger partial charge in [-0.2, -0.15) is 0 Å². The Bertz CT molecular complexity index is 368. The van der Waals surface area contributed by atoms with Crippen LogP contribution in [0.25, 0.3) is 0 Å². The molecule has 128 valence electrons. The molecule has 0 N–H and O–H groups in total. The molecule has 0 aliphatic carbocycles. The molecule has 0 spiro atoms. The van der Waals surface area contributed by atoms with Crippen LogP contribution in [0.1, 0.15) is 97.2 Å². The van der Waals surface area contributed by atoms with Crippen LogP contribution in [-0.2, 0) is 19.5 Å². The number of rotatable bonds is 14. The minimum absolute atomic E-state index is 1.17. The van der Waals surface area contributed by atoms with Gasteiger partial charge < -0.3 is 0 Å². The summed E-state index contributed by atoms with van der Waals surface area (Å²) in [6, 6.07) is 0. The van der Waals surface area contributed by atoms with Crippen LogP contribution >= 0.6 is 0 Å². The first-order valence-electron chi connectivity index (χ1n) is 9.90. The lowest BCUT2D eigenvalue weighted by molar-refractivity contribution is -0.703. The fourth-order valence-corrected chi connectivity index (χ4v) is 3.21. The second-order valence-corrected chi connectivity index (χ2v) is 6.68. The van der Waals surface area contributed by atoms with Crippen LogP contribution in [0.2, 0.25) is 0 Å². The molecule has 0 amide bonds. The van der Waals surface area contributed by atoms with Crippen molar-refractivity contribution in [2.24, 2.45) is 0 Å². The van der Waals surface area contributed by atoms with Gasteiger partial charge in [-0.25, -0.2) is 9.13 Å². The lowest BCUT2D eigenvalue weighted by Crippen LogP contribution is -2.37. The van der Waals surface area contributed by atoms with Gasteiger partial charge in [0.1, 0.15) is 12.4 Å². The lowest BCUT2D eigenvalue weighted by atomic mass is 10.1. The predicted octanol–water partition coefficient (Wildman–Crippen LogP) is 5.67. The van der Waals surface area contributed by atoms with E-state index in [2.05, 4.69) is 42.3 Å². The zero-order valence-corrected chi connectivity index (χ0v) is 15.4. The largest absolute Gasteiger partial charge is 0.256 e. The summed E-state index contributed by atoms with van der Waals surface area (Å²) in [5.41, 5.74) is 0. The average molecular weight is 308 g/mol. The minimum atomic E-state index is 1.17. The van der Waals surface area contributed by atoms with Crippen molar-refractivity contribution in [3.8, 4) is 0 Å². The highest BCUT2D eigenvalue weighted by Gasteiger charge is 2.15. The summed E-state index contributed by atoms with van der Waals surface area (Å²) in [6.07, 6.45) is 20.8. The van der Waals surface area contributed by atoms with Crippen molar-refractivity contribution in [2.45, 2.75) is 111 Å². The highest BCUT2D eigenvalue weighted by molar-refractivity contribution is 4.84. The zero-order valence-electron chi connectivity index (χ0n) is 15.4. The average Bonchev–Trinajstić information content (AvgIpc) is 2.90. The third-order valence-corrected chi connectivity index (χ3v) is 4.56. The number of hydrogen-bond acceptors (Lipinski definition) is 0. The molecule has 0 aromatic carbocycles. The Balaban J connectivity index is 2.44. The minimum Gasteiger partial charge on any atom is -0.234 e. The Hall–Kier alpha value is -0.790. The second-order valence-electron chi connectivity index (χ2n) is 6.68. The van der Waals surface area contributed by atoms with Crippen LogP contribution in [0, 0.1) is 0 Å². The monoisotopic (exact) mass is 307 g/mol. The molecule has 1 aromatic heterocycles.